The molecule has 0 N–H and O–H groups in total. The molecule has 0 aliphatic carbocycles. The Morgan fingerprint density at radius 2 is 1.66 bits per heavy atom. The van der Waals surface area contributed by atoms with Gasteiger partial charge in [0.25, 0.3) is 5.91 Å². The van der Waals surface area contributed by atoms with Crippen molar-refractivity contribution in [3.8, 4) is 17.1 Å². The molecule has 0 spiro atoms. The number of carbonyl (C=O) groups is 1. The third-order valence-corrected chi connectivity index (χ3v) is 5.07. The van der Waals surface area contributed by atoms with Crippen molar-refractivity contribution in [3.63, 3.8) is 0 Å². The van der Waals surface area contributed by atoms with E-state index < -0.39 is 0 Å². The first kappa shape index (κ1) is 20.6. The van der Waals surface area contributed by atoms with Gasteiger partial charge < -0.3 is 14.1 Å². The number of fused-ring (bicyclic) bond motifs is 1. The highest BCUT2D eigenvalue weighted by Gasteiger charge is 2.21. The van der Waals surface area contributed by atoms with Crippen LogP contribution in [0.3, 0.4) is 0 Å². The normalized spacial score (nSPS) is 10.9. The summed E-state index contributed by atoms with van der Waals surface area (Å²) in [4.78, 5) is 27.4. The van der Waals surface area contributed by atoms with Crippen molar-refractivity contribution in [1.82, 2.24) is 4.90 Å². The van der Waals surface area contributed by atoms with Crippen molar-refractivity contribution in [2.75, 3.05) is 19.7 Å². The minimum Gasteiger partial charge on any atom is -0.476 e. The summed E-state index contributed by atoms with van der Waals surface area (Å²) in [5, 5.41) is 0.483. The number of benzene rings is 2. The van der Waals surface area contributed by atoms with Crippen LogP contribution in [-0.4, -0.2) is 30.5 Å². The van der Waals surface area contributed by atoms with Gasteiger partial charge in [-0.3, -0.25) is 9.59 Å². The molecule has 1 heterocycles. The van der Waals surface area contributed by atoms with E-state index in [1.807, 2.05) is 71.0 Å². The largest absolute Gasteiger partial charge is 0.476 e. The maximum absolute atomic E-state index is 13.3. The predicted molar refractivity (Wildman–Crippen MR) is 116 cm³/mol. The monoisotopic (exact) mass is 393 g/mol. The third-order valence-electron chi connectivity index (χ3n) is 5.07. The standard InChI is InChI=1S/C24H27NO4/c1-6-25(7-2)20(26)14-28-24-22(27)21-17(5)12-16(4)13-19(21)29-23(24)18-10-8-15(3)9-11-18/h8-13H,6-7,14H2,1-5H3. The number of aryl methyl sites for hydroxylation is 3. The number of nitrogens with zero attached hydrogens (tertiary/aromatic N) is 1. The summed E-state index contributed by atoms with van der Waals surface area (Å²) in [6.07, 6.45) is 0. The van der Waals surface area contributed by atoms with Crippen LogP contribution in [0, 0.1) is 20.8 Å². The lowest BCUT2D eigenvalue weighted by Crippen LogP contribution is -2.35. The van der Waals surface area contributed by atoms with Crippen LogP contribution in [0.2, 0.25) is 0 Å². The van der Waals surface area contributed by atoms with E-state index >= 15 is 0 Å². The van der Waals surface area contributed by atoms with Crippen LogP contribution in [0.25, 0.3) is 22.3 Å². The minimum absolute atomic E-state index is 0.0776. The summed E-state index contributed by atoms with van der Waals surface area (Å²) in [6, 6.07) is 11.5. The molecular weight excluding hydrogens is 366 g/mol. The molecule has 29 heavy (non-hydrogen) atoms. The molecule has 3 aromatic rings. The Bertz CT molecular complexity index is 1090. The molecule has 2 aromatic carbocycles. The second kappa shape index (κ2) is 8.52. The van der Waals surface area contributed by atoms with E-state index in [1.165, 1.54) is 0 Å². The number of hydrogen-bond acceptors (Lipinski definition) is 4. The number of likely N-dealkylation sites (N-methyl/N-ethyl adjacent to an activating group) is 1. The van der Waals surface area contributed by atoms with Crippen LogP contribution in [0.4, 0.5) is 0 Å². The van der Waals surface area contributed by atoms with E-state index in [9.17, 15) is 9.59 Å². The third kappa shape index (κ3) is 4.19. The van der Waals surface area contributed by atoms with Gasteiger partial charge in [0.1, 0.15) is 5.58 Å². The zero-order chi connectivity index (χ0) is 21.1. The van der Waals surface area contributed by atoms with Gasteiger partial charge >= 0.3 is 0 Å². The highest BCUT2D eigenvalue weighted by Crippen LogP contribution is 2.32. The molecule has 5 nitrogen and oxygen atoms in total. The maximum atomic E-state index is 13.3. The van der Waals surface area contributed by atoms with Crippen molar-refractivity contribution in [2.24, 2.45) is 0 Å². The van der Waals surface area contributed by atoms with Gasteiger partial charge in [-0.15, -0.1) is 0 Å². The molecule has 3 rings (SSSR count). The van der Waals surface area contributed by atoms with Gasteiger partial charge in [-0.25, -0.2) is 0 Å². The average Bonchev–Trinajstić information content (AvgIpc) is 2.68. The second-order valence-electron chi connectivity index (χ2n) is 7.27. The molecule has 0 atom stereocenters. The molecule has 0 radical (unpaired) electrons. The molecule has 0 aliphatic rings. The molecule has 152 valence electrons. The van der Waals surface area contributed by atoms with Crippen LogP contribution in [0.5, 0.6) is 5.75 Å². The molecule has 0 fully saturated rings. The molecule has 1 aromatic heterocycles. The zero-order valence-electron chi connectivity index (χ0n) is 17.7. The van der Waals surface area contributed by atoms with E-state index in [1.54, 1.807) is 4.90 Å². The lowest BCUT2D eigenvalue weighted by Gasteiger charge is -2.19. The van der Waals surface area contributed by atoms with Crippen LogP contribution >= 0.6 is 0 Å². The predicted octanol–water partition coefficient (Wildman–Crippen LogP) is 4.63. The average molecular weight is 393 g/mol. The van der Waals surface area contributed by atoms with E-state index in [-0.39, 0.29) is 23.7 Å². The number of ether oxygens (including phenoxy) is 1. The van der Waals surface area contributed by atoms with Crippen molar-refractivity contribution >= 4 is 16.9 Å². The molecular formula is C24H27NO4. The number of amides is 1. The van der Waals surface area contributed by atoms with E-state index in [2.05, 4.69) is 0 Å². The quantitative estimate of drug-likeness (QED) is 0.612. The fourth-order valence-electron chi connectivity index (χ4n) is 3.50. The Morgan fingerprint density at radius 1 is 1.00 bits per heavy atom. The summed E-state index contributed by atoms with van der Waals surface area (Å²) in [5.41, 5.74) is 3.93. The van der Waals surface area contributed by atoms with Gasteiger partial charge in [-0.1, -0.05) is 35.9 Å². The fourth-order valence-corrected chi connectivity index (χ4v) is 3.50. The van der Waals surface area contributed by atoms with E-state index in [0.717, 1.165) is 22.3 Å². The van der Waals surface area contributed by atoms with Gasteiger partial charge in [-0.2, -0.15) is 0 Å². The van der Waals surface area contributed by atoms with Crippen molar-refractivity contribution in [1.29, 1.82) is 0 Å². The van der Waals surface area contributed by atoms with Gasteiger partial charge in [0.2, 0.25) is 11.2 Å². The Morgan fingerprint density at radius 3 is 2.28 bits per heavy atom. The summed E-state index contributed by atoms with van der Waals surface area (Å²) in [5.74, 6) is 0.263. The van der Waals surface area contributed by atoms with Crippen LogP contribution in [0.15, 0.2) is 45.6 Å². The highest BCUT2D eigenvalue weighted by molar-refractivity contribution is 5.86. The van der Waals surface area contributed by atoms with Crippen molar-refractivity contribution in [3.05, 3.63) is 63.3 Å². The molecule has 0 saturated carbocycles. The number of hydrogen-bond donors (Lipinski definition) is 0. The van der Waals surface area contributed by atoms with Gasteiger partial charge in [0.15, 0.2) is 12.4 Å². The lowest BCUT2D eigenvalue weighted by atomic mass is 10.0. The van der Waals surface area contributed by atoms with Crippen LogP contribution in [-0.2, 0) is 4.79 Å². The van der Waals surface area contributed by atoms with E-state index in [4.69, 9.17) is 9.15 Å². The molecule has 1 amide bonds. The van der Waals surface area contributed by atoms with Crippen LogP contribution in [0.1, 0.15) is 30.5 Å². The Balaban J connectivity index is 2.16. The summed E-state index contributed by atoms with van der Waals surface area (Å²) in [6.45, 7) is 10.6. The number of carbonyl (C=O) groups excluding carboxylic acids is 1. The summed E-state index contributed by atoms with van der Waals surface area (Å²) < 4.78 is 12.0. The topological polar surface area (TPSA) is 59.8 Å². The Labute approximate surface area is 170 Å². The number of rotatable bonds is 6. The first-order valence-corrected chi connectivity index (χ1v) is 9.91. The van der Waals surface area contributed by atoms with Crippen molar-refractivity contribution in [2.45, 2.75) is 34.6 Å². The molecule has 0 saturated heterocycles. The first-order chi connectivity index (χ1) is 13.8. The highest BCUT2D eigenvalue weighted by atomic mass is 16.5. The zero-order valence-corrected chi connectivity index (χ0v) is 17.7. The second-order valence-corrected chi connectivity index (χ2v) is 7.27. The Hall–Kier alpha value is -3.08. The fraction of sp³-hybridized carbons (Fsp3) is 0.333. The van der Waals surface area contributed by atoms with Crippen LogP contribution < -0.4 is 10.2 Å². The SMILES string of the molecule is CCN(CC)C(=O)COc1c(-c2ccc(C)cc2)oc2cc(C)cc(C)c2c1=O. The smallest absolute Gasteiger partial charge is 0.260 e. The Kier molecular flexibility index (Phi) is 6.06. The van der Waals surface area contributed by atoms with Crippen molar-refractivity contribution < 1.29 is 13.9 Å². The molecule has 0 unspecified atom stereocenters. The van der Waals surface area contributed by atoms with Gasteiger partial charge in [-0.05, 0) is 51.8 Å². The summed E-state index contributed by atoms with van der Waals surface area (Å²) >= 11 is 0. The first-order valence-electron chi connectivity index (χ1n) is 9.91. The van der Waals surface area contributed by atoms with E-state index in [0.29, 0.717) is 29.8 Å². The summed E-state index contributed by atoms with van der Waals surface area (Å²) in [7, 11) is 0. The minimum atomic E-state index is -0.258. The molecule has 5 heteroatoms. The van der Waals surface area contributed by atoms with Gasteiger partial charge in [0, 0.05) is 18.7 Å². The van der Waals surface area contributed by atoms with Gasteiger partial charge in [0.05, 0.1) is 5.39 Å². The molecule has 0 bridgehead atoms. The maximum Gasteiger partial charge on any atom is 0.260 e. The molecule has 0 aliphatic heterocycles. The lowest BCUT2D eigenvalue weighted by molar-refractivity contribution is -0.132.